The Balaban J connectivity index is 1.83. The average molecular weight is 221 g/mol. The second kappa shape index (κ2) is 5.31. The molecule has 88 valence electrons. The summed E-state index contributed by atoms with van der Waals surface area (Å²) in [6.07, 6.45) is 5.05. The Labute approximate surface area is 96.8 Å². The van der Waals surface area contributed by atoms with Gasteiger partial charge in [0.05, 0.1) is 6.07 Å². The number of likely N-dealkylation sites (tertiary alicyclic amines) is 2. The van der Waals surface area contributed by atoms with Crippen LogP contribution in [0.4, 0.5) is 0 Å². The Morgan fingerprint density at radius 2 is 2.00 bits per heavy atom. The summed E-state index contributed by atoms with van der Waals surface area (Å²) < 4.78 is 0. The molecule has 2 rings (SSSR count). The van der Waals surface area contributed by atoms with Crippen molar-refractivity contribution in [3.05, 3.63) is 0 Å². The van der Waals surface area contributed by atoms with Gasteiger partial charge in [-0.3, -0.25) is 9.69 Å². The second-order valence-corrected chi connectivity index (χ2v) is 4.71. The first-order valence-electron chi connectivity index (χ1n) is 6.20. The number of nitrogens with zero attached hydrogens (tertiary/aromatic N) is 3. The molecule has 4 heteroatoms. The van der Waals surface area contributed by atoms with Crippen LogP contribution in [0, 0.1) is 11.3 Å². The fourth-order valence-corrected chi connectivity index (χ4v) is 2.73. The molecule has 0 radical (unpaired) electrons. The number of nitriles is 1. The topological polar surface area (TPSA) is 47.3 Å². The van der Waals surface area contributed by atoms with Gasteiger partial charge >= 0.3 is 0 Å². The van der Waals surface area contributed by atoms with Gasteiger partial charge in [-0.15, -0.1) is 0 Å². The quantitative estimate of drug-likeness (QED) is 0.698. The van der Waals surface area contributed by atoms with E-state index in [-0.39, 0.29) is 12.3 Å². The summed E-state index contributed by atoms with van der Waals surface area (Å²) in [7, 11) is 0. The maximum absolute atomic E-state index is 11.6. The zero-order valence-electron chi connectivity index (χ0n) is 9.69. The summed E-state index contributed by atoms with van der Waals surface area (Å²) in [6.45, 7) is 4.04. The Hall–Kier alpha value is -1.08. The van der Waals surface area contributed by atoms with Gasteiger partial charge in [0.2, 0.25) is 5.91 Å². The molecule has 4 nitrogen and oxygen atoms in total. The van der Waals surface area contributed by atoms with Crippen LogP contribution in [-0.4, -0.2) is 47.9 Å². The minimum atomic E-state index is 0.00186. The molecule has 2 aliphatic heterocycles. The first-order chi connectivity index (χ1) is 7.81. The number of rotatable bonds is 2. The van der Waals surface area contributed by atoms with E-state index in [1.807, 2.05) is 11.0 Å². The molecule has 2 fully saturated rings. The molecular weight excluding hydrogens is 202 g/mol. The predicted octanol–water partition coefficient (Wildman–Crippen LogP) is 0.987. The highest BCUT2D eigenvalue weighted by Crippen LogP contribution is 2.20. The van der Waals surface area contributed by atoms with Crippen LogP contribution in [-0.2, 0) is 4.79 Å². The number of carbonyl (C=O) groups excluding carboxylic acids is 1. The van der Waals surface area contributed by atoms with Gasteiger partial charge in [-0.05, 0) is 32.4 Å². The largest absolute Gasteiger partial charge is 0.340 e. The van der Waals surface area contributed by atoms with Crippen molar-refractivity contribution in [2.45, 2.75) is 38.1 Å². The predicted molar refractivity (Wildman–Crippen MR) is 60.6 cm³/mol. The Morgan fingerprint density at radius 3 is 2.69 bits per heavy atom. The van der Waals surface area contributed by atoms with E-state index < -0.39 is 0 Å². The smallest absolute Gasteiger partial charge is 0.236 e. The van der Waals surface area contributed by atoms with Crippen molar-refractivity contribution in [2.75, 3.05) is 26.2 Å². The number of piperidine rings is 1. The molecule has 0 aromatic carbocycles. The lowest BCUT2D eigenvalue weighted by molar-refractivity contribution is -0.129. The molecule has 0 aromatic rings. The molecule has 0 spiro atoms. The Bertz CT molecular complexity index is 291. The molecule has 0 N–H and O–H groups in total. The van der Waals surface area contributed by atoms with E-state index in [1.54, 1.807) is 0 Å². The van der Waals surface area contributed by atoms with Gasteiger partial charge in [0, 0.05) is 19.1 Å². The van der Waals surface area contributed by atoms with E-state index >= 15 is 0 Å². The van der Waals surface area contributed by atoms with E-state index in [4.69, 9.17) is 5.26 Å². The number of carbonyl (C=O) groups is 1. The van der Waals surface area contributed by atoms with Crippen LogP contribution in [0.15, 0.2) is 0 Å². The van der Waals surface area contributed by atoms with Crippen molar-refractivity contribution in [3.63, 3.8) is 0 Å². The summed E-state index contributed by atoms with van der Waals surface area (Å²) in [5.74, 6) is 0.00186. The Kier molecular flexibility index (Phi) is 3.79. The molecule has 0 aromatic heterocycles. The van der Waals surface area contributed by atoms with Crippen molar-refractivity contribution in [1.29, 1.82) is 5.26 Å². The molecule has 0 saturated carbocycles. The van der Waals surface area contributed by atoms with Gasteiger partial charge in [-0.1, -0.05) is 6.42 Å². The van der Waals surface area contributed by atoms with E-state index in [0.29, 0.717) is 6.04 Å². The van der Waals surface area contributed by atoms with Crippen LogP contribution < -0.4 is 0 Å². The van der Waals surface area contributed by atoms with E-state index in [9.17, 15) is 4.79 Å². The fraction of sp³-hybridized carbons (Fsp3) is 0.833. The minimum Gasteiger partial charge on any atom is -0.340 e. The molecule has 16 heavy (non-hydrogen) atoms. The van der Waals surface area contributed by atoms with Crippen LogP contribution in [0.5, 0.6) is 0 Å². The van der Waals surface area contributed by atoms with Crippen LogP contribution in [0.2, 0.25) is 0 Å². The van der Waals surface area contributed by atoms with Crippen molar-refractivity contribution in [1.82, 2.24) is 9.80 Å². The highest BCUT2D eigenvalue weighted by Gasteiger charge is 2.30. The maximum atomic E-state index is 11.6. The molecule has 2 heterocycles. The van der Waals surface area contributed by atoms with Crippen LogP contribution >= 0.6 is 0 Å². The maximum Gasteiger partial charge on any atom is 0.236 e. The van der Waals surface area contributed by atoms with Gasteiger partial charge in [0.25, 0.3) is 0 Å². The zero-order chi connectivity index (χ0) is 11.4. The van der Waals surface area contributed by atoms with Gasteiger partial charge in [0.15, 0.2) is 0 Å². The zero-order valence-corrected chi connectivity index (χ0v) is 9.69. The van der Waals surface area contributed by atoms with Crippen molar-refractivity contribution < 1.29 is 4.79 Å². The third-order valence-electron chi connectivity index (χ3n) is 3.65. The summed E-state index contributed by atoms with van der Waals surface area (Å²) in [5.41, 5.74) is 0. The first-order valence-corrected chi connectivity index (χ1v) is 6.20. The fourth-order valence-electron chi connectivity index (χ4n) is 2.73. The molecule has 2 aliphatic rings. The van der Waals surface area contributed by atoms with E-state index in [0.717, 1.165) is 19.5 Å². The lowest BCUT2D eigenvalue weighted by Gasteiger charge is -2.32. The lowest BCUT2D eigenvalue weighted by Crippen LogP contribution is -2.41. The van der Waals surface area contributed by atoms with Gasteiger partial charge in [-0.25, -0.2) is 0 Å². The summed E-state index contributed by atoms with van der Waals surface area (Å²) >= 11 is 0. The summed E-state index contributed by atoms with van der Waals surface area (Å²) in [6, 6.07) is 2.48. The average Bonchev–Trinajstić information content (AvgIpc) is 2.80. The van der Waals surface area contributed by atoms with E-state index in [2.05, 4.69) is 4.90 Å². The van der Waals surface area contributed by atoms with Gasteiger partial charge < -0.3 is 4.90 Å². The standard InChI is InChI=1S/C12H19N3O/c13-6-4-12(16)15-9-5-11(10-15)14-7-2-1-3-8-14/h11H,1-5,7-10H2. The van der Waals surface area contributed by atoms with Gasteiger partial charge in [-0.2, -0.15) is 5.26 Å². The SMILES string of the molecule is N#CCC(=O)N1CCC(N2CCCCC2)C1. The normalized spacial score (nSPS) is 26.7. The number of hydrogen-bond donors (Lipinski definition) is 0. The third-order valence-corrected chi connectivity index (χ3v) is 3.65. The highest BCUT2D eigenvalue weighted by molar-refractivity contribution is 5.78. The van der Waals surface area contributed by atoms with Gasteiger partial charge in [0.1, 0.15) is 6.42 Å². The molecule has 2 saturated heterocycles. The summed E-state index contributed by atoms with van der Waals surface area (Å²) in [4.78, 5) is 15.9. The monoisotopic (exact) mass is 221 g/mol. The van der Waals surface area contributed by atoms with Crippen molar-refractivity contribution in [2.24, 2.45) is 0 Å². The second-order valence-electron chi connectivity index (χ2n) is 4.71. The van der Waals surface area contributed by atoms with Crippen LogP contribution in [0.3, 0.4) is 0 Å². The molecule has 1 amide bonds. The Morgan fingerprint density at radius 1 is 1.25 bits per heavy atom. The molecular formula is C12H19N3O. The van der Waals surface area contributed by atoms with Crippen LogP contribution in [0.1, 0.15) is 32.1 Å². The first kappa shape index (κ1) is 11.4. The molecule has 0 aliphatic carbocycles. The van der Waals surface area contributed by atoms with Crippen molar-refractivity contribution in [3.8, 4) is 6.07 Å². The highest BCUT2D eigenvalue weighted by atomic mass is 16.2. The molecule has 1 atom stereocenters. The van der Waals surface area contributed by atoms with Crippen LogP contribution in [0.25, 0.3) is 0 Å². The van der Waals surface area contributed by atoms with E-state index in [1.165, 1.54) is 32.4 Å². The third kappa shape index (κ3) is 2.53. The number of hydrogen-bond acceptors (Lipinski definition) is 3. The lowest BCUT2D eigenvalue weighted by atomic mass is 10.1. The molecule has 0 bridgehead atoms. The number of amides is 1. The summed E-state index contributed by atoms with van der Waals surface area (Å²) in [5, 5.41) is 8.50. The minimum absolute atomic E-state index is 0.00186. The molecule has 1 unspecified atom stereocenters. The van der Waals surface area contributed by atoms with Crippen molar-refractivity contribution >= 4 is 5.91 Å².